The third kappa shape index (κ3) is 6.67. The highest BCUT2D eigenvalue weighted by Gasteiger charge is 2.15. The number of guanidine groups is 1. The van der Waals surface area contributed by atoms with Gasteiger partial charge < -0.3 is 15.4 Å². The normalized spacial score (nSPS) is 22.9. The van der Waals surface area contributed by atoms with Crippen LogP contribution in [-0.4, -0.2) is 50.3 Å². The van der Waals surface area contributed by atoms with Crippen molar-refractivity contribution in [2.24, 2.45) is 4.99 Å². The molecule has 0 aliphatic carbocycles. The van der Waals surface area contributed by atoms with Crippen LogP contribution < -0.4 is 10.6 Å². The molecule has 0 spiro atoms. The summed E-state index contributed by atoms with van der Waals surface area (Å²) < 4.78 is 5.31. The van der Waals surface area contributed by atoms with Crippen LogP contribution in [0.2, 0.25) is 0 Å². The number of nitrogens with zero attached hydrogens (tertiary/aromatic N) is 1. The third-order valence-electron chi connectivity index (χ3n) is 3.54. The van der Waals surface area contributed by atoms with E-state index in [1.54, 1.807) is 0 Å². The summed E-state index contributed by atoms with van der Waals surface area (Å²) in [6.07, 6.45) is 7.06. The minimum Gasteiger partial charge on any atom is -0.377 e. The SMILES string of the molecule is CN=C(NCCC1=CCOCC1)NCC1CCCS1.I. The van der Waals surface area contributed by atoms with E-state index < -0.39 is 0 Å². The van der Waals surface area contributed by atoms with E-state index in [4.69, 9.17) is 4.74 Å². The number of hydrogen-bond acceptors (Lipinski definition) is 3. The molecule has 2 rings (SSSR count). The van der Waals surface area contributed by atoms with Gasteiger partial charge in [0.1, 0.15) is 0 Å². The standard InChI is InChI=1S/C14H25N3OS.HI/c1-15-14(17-11-13-3-2-10-19-13)16-7-4-12-5-8-18-9-6-12;/h5,13H,2-4,6-11H2,1H3,(H2,15,16,17);1H. The average molecular weight is 411 g/mol. The Morgan fingerprint density at radius 3 is 3.05 bits per heavy atom. The Hall–Kier alpha value is 0.0500. The van der Waals surface area contributed by atoms with Crippen LogP contribution in [0.3, 0.4) is 0 Å². The Morgan fingerprint density at radius 1 is 1.50 bits per heavy atom. The Kier molecular flexibility index (Phi) is 9.71. The Morgan fingerprint density at radius 2 is 2.40 bits per heavy atom. The number of hydrogen-bond donors (Lipinski definition) is 2. The van der Waals surface area contributed by atoms with Crippen molar-refractivity contribution in [2.45, 2.75) is 30.9 Å². The highest BCUT2D eigenvalue weighted by Crippen LogP contribution is 2.25. The van der Waals surface area contributed by atoms with Crippen LogP contribution in [0.5, 0.6) is 0 Å². The molecular weight excluding hydrogens is 385 g/mol. The molecular formula is C14H26IN3OS. The highest BCUT2D eigenvalue weighted by atomic mass is 127. The average Bonchev–Trinajstić information content (AvgIpc) is 2.97. The van der Waals surface area contributed by atoms with E-state index in [9.17, 15) is 0 Å². The van der Waals surface area contributed by atoms with Crippen LogP contribution in [0.15, 0.2) is 16.6 Å². The van der Waals surface area contributed by atoms with Crippen LogP contribution >= 0.6 is 35.7 Å². The second-order valence-electron chi connectivity index (χ2n) is 4.95. The molecule has 0 amide bonds. The summed E-state index contributed by atoms with van der Waals surface area (Å²) in [5, 5.41) is 7.57. The summed E-state index contributed by atoms with van der Waals surface area (Å²) >= 11 is 2.07. The molecule has 4 nitrogen and oxygen atoms in total. The molecule has 0 aromatic rings. The van der Waals surface area contributed by atoms with E-state index in [0.29, 0.717) is 0 Å². The van der Waals surface area contributed by atoms with Gasteiger partial charge in [0.15, 0.2) is 5.96 Å². The molecule has 0 bridgehead atoms. The number of nitrogens with one attached hydrogen (secondary N) is 2. The third-order valence-corrected chi connectivity index (χ3v) is 4.94. The van der Waals surface area contributed by atoms with Crippen molar-refractivity contribution in [1.82, 2.24) is 10.6 Å². The van der Waals surface area contributed by atoms with E-state index in [1.165, 1.54) is 24.2 Å². The molecule has 0 aromatic heterocycles. The summed E-state index contributed by atoms with van der Waals surface area (Å²) in [4.78, 5) is 4.27. The van der Waals surface area contributed by atoms with Crippen molar-refractivity contribution in [3.8, 4) is 0 Å². The molecule has 116 valence electrons. The van der Waals surface area contributed by atoms with Gasteiger partial charge in [-0.25, -0.2) is 0 Å². The maximum atomic E-state index is 5.31. The lowest BCUT2D eigenvalue weighted by Gasteiger charge is -2.16. The molecule has 1 atom stereocenters. The first-order chi connectivity index (χ1) is 9.38. The molecule has 0 aromatic carbocycles. The van der Waals surface area contributed by atoms with E-state index >= 15 is 0 Å². The molecule has 2 heterocycles. The lowest BCUT2D eigenvalue weighted by molar-refractivity contribution is 0.153. The minimum absolute atomic E-state index is 0. The maximum absolute atomic E-state index is 5.31. The minimum atomic E-state index is 0. The maximum Gasteiger partial charge on any atom is 0.191 e. The molecule has 0 radical (unpaired) electrons. The first-order valence-electron chi connectivity index (χ1n) is 7.20. The molecule has 6 heteroatoms. The van der Waals surface area contributed by atoms with E-state index in [-0.39, 0.29) is 24.0 Å². The predicted molar refractivity (Wildman–Crippen MR) is 98.4 cm³/mol. The number of thioether (sulfide) groups is 1. The zero-order valence-corrected chi connectivity index (χ0v) is 15.3. The van der Waals surface area contributed by atoms with E-state index in [2.05, 4.69) is 33.5 Å². The van der Waals surface area contributed by atoms with Gasteiger partial charge in [0.2, 0.25) is 0 Å². The topological polar surface area (TPSA) is 45.7 Å². The molecule has 2 aliphatic heterocycles. The van der Waals surface area contributed by atoms with Crippen molar-refractivity contribution in [2.75, 3.05) is 39.1 Å². The van der Waals surface area contributed by atoms with Gasteiger partial charge in [-0.05, 0) is 31.4 Å². The summed E-state index contributed by atoms with van der Waals surface area (Å²) in [6, 6.07) is 0. The van der Waals surface area contributed by atoms with Gasteiger partial charge in [-0.2, -0.15) is 11.8 Å². The van der Waals surface area contributed by atoms with E-state index in [0.717, 1.165) is 50.4 Å². The molecule has 2 N–H and O–H groups in total. The number of rotatable bonds is 5. The van der Waals surface area contributed by atoms with Gasteiger partial charge in [-0.3, -0.25) is 4.99 Å². The summed E-state index contributed by atoms with van der Waals surface area (Å²) in [5.41, 5.74) is 1.50. The van der Waals surface area contributed by atoms with Gasteiger partial charge in [-0.1, -0.05) is 11.6 Å². The lowest BCUT2D eigenvalue weighted by Crippen LogP contribution is -2.40. The summed E-state index contributed by atoms with van der Waals surface area (Å²) in [7, 11) is 1.84. The smallest absolute Gasteiger partial charge is 0.191 e. The van der Waals surface area contributed by atoms with Crippen molar-refractivity contribution in [3.05, 3.63) is 11.6 Å². The largest absolute Gasteiger partial charge is 0.377 e. The molecule has 1 fully saturated rings. The molecule has 1 unspecified atom stereocenters. The zero-order chi connectivity index (χ0) is 13.3. The van der Waals surface area contributed by atoms with Gasteiger partial charge in [-0.15, -0.1) is 24.0 Å². The van der Waals surface area contributed by atoms with Crippen LogP contribution in [0.4, 0.5) is 0 Å². The second kappa shape index (κ2) is 10.7. The first kappa shape index (κ1) is 18.1. The van der Waals surface area contributed by atoms with Crippen molar-refractivity contribution in [1.29, 1.82) is 0 Å². The fraction of sp³-hybridized carbons (Fsp3) is 0.786. The number of ether oxygens (including phenoxy) is 1. The first-order valence-corrected chi connectivity index (χ1v) is 8.25. The fourth-order valence-electron chi connectivity index (χ4n) is 2.37. The quantitative estimate of drug-likeness (QED) is 0.316. The van der Waals surface area contributed by atoms with Gasteiger partial charge in [0.25, 0.3) is 0 Å². The van der Waals surface area contributed by atoms with E-state index in [1.807, 2.05) is 7.05 Å². The predicted octanol–water partition coefficient (Wildman–Crippen LogP) is 2.40. The van der Waals surface area contributed by atoms with Crippen molar-refractivity contribution < 1.29 is 4.74 Å². The summed E-state index contributed by atoms with van der Waals surface area (Å²) in [6.45, 7) is 3.63. The monoisotopic (exact) mass is 411 g/mol. The number of halogens is 1. The van der Waals surface area contributed by atoms with Gasteiger partial charge in [0, 0.05) is 25.4 Å². The second-order valence-corrected chi connectivity index (χ2v) is 6.36. The highest BCUT2D eigenvalue weighted by molar-refractivity contribution is 14.0. The van der Waals surface area contributed by atoms with Crippen molar-refractivity contribution >= 4 is 41.7 Å². The fourth-order valence-corrected chi connectivity index (χ4v) is 3.57. The van der Waals surface area contributed by atoms with Crippen LogP contribution in [-0.2, 0) is 4.74 Å². The van der Waals surface area contributed by atoms with Crippen LogP contribution in [0.25, 0.3) is 0 Å². The lowest BCUT2D eigenvalue weighted by atomic mass is 10.1. The van der Waals surface area contributed by atoms with Gasteiger partial charge in [0.05, 0.1) is 13.2 Å². The molecule has 1 saturated heterocycles. The molecule has 0 saturated carbocycles. The number of aliphatic imine (C=N–C) groups is 1. The van der Waals surface area contributed by atoms with Crippen LogP contribution in [0, 0.1) is 0 Å². The Bertz CT molecular complexity index is 330. The summed E-state index contributed by atoms with van der Waals surface area (Å²) in [5.74, 6) is 2.24. The van der Waals surface area contributed by atoms with Gasteiger partial charge >= 0.3 is 0 Å². The molecule has 2 aliphatic rings. The molecule has 20 heavy (non-hydrogen) atoms. The van der Waals surface area contributed by atoms with Crippen molar-refractivity contribution in [3.63, 3.8) is 0 Å². The Balaban J connectivity index is 0.00000200. The van der Waals surface area contributed by atoms with Crippen LogP contribution in [0.1, 0.15) is 25.7 Å². The Labute approximate surface area is 143 Å². The zero-order valence-electron chi connectivity index (χ0n) is 12.2.